The number of pyridine rings is 1. The van der Waals surface area contributed by atoms with E-state index in [1.165, 1.54) is 0 Å². The minimum atomic E-state index is 0.410. The van der Waals surface area contributed by atoms with E-state index < -0.39 is 0 Å². The molecule has 2 N–H and O–H groups in total. The van der Waals surface area contributed by atoms with E-state index >= 15 is 0 Å². The third-order valence-corrected chi connectivity index (χ3v) is 3.60. The van der Waals surface area contributed by atoms with Crippen LogP contribution in [0.5, 0.6) is 0 Å². The first-order valence-electron chi connectivity index (χ1n) is 6.17. The summed E-state index contributed by atoms with van der Waals surface area (Å²) < 4.78 is 5.42. The highest BCUT2D eigenvalue weighted by atomic mass is 16.5. The smallest absolute Gasteiger partial charge is 0.127 e. The zero-order valence-electron chi connectivity index (χ0n) is 10.6. The number of rotatable bonds is 3. The monoisotopic (exact) mass is 235 g/mol. The van der Waals surface area contributed by atoms with E-state index in [0.29, 0.717) is 18.0 Å². The van der Waals surface area contributed by atoms with Gasteiger partial charge in [0.05, 0.1) is 6.10 Å². The fourth-order valence-electron chi connectivity index (χ4n) is 2.43. The van der Waals surface area contributed by atoms with Crippen LogP contribution in [0.15, 0.2) is 18.3 Å². The van der Waals surface area contributed by atoms with Crippen molar-refractivity contribution in [2.24, 2.45) is 0 Å². The molecule has 2 heterocycles. The Bertz CT molecular complexity index is 369. The van der Waals surface area contributed by atoms with Crippen LogP contribution in [0.4, 0.5) is 5.82 Å². The predicted octanol–water partition coefficient (Wildman–Crippen LogP) is 1.66. The van der Waals surface area contributed by atoms with Crippen molar-refractivity contribution in [1.82, 2.24) is 9.88 Å². The topological polar surface area (TPSA) is 51.4 Å². The Hall–Kier alpha value is -1.13. The number of nitrogens with two attached hydrogens (primary N) is 1. The summed E-state index contributed by atoms with van der Waals surface area (Å²) in [6, 6.07) is 4.53. The number of nitrogens with zero attached hydrogens (tertiary/aromatic N) is 2. The zero-order chi connectivity index (χ0) is 12.3. The number of nitrogen functional groups attached to an aromatic ring is 1. The maximum atomic E-state index is 5.87. The molecule has 2 unspecified atom stereocenters. The van der Waals surface area contributed by atoms with Gasteiger partial charge in [0, 0.05) is 38.0 Å². The molecule has 1 fully saturated rings. The molecule has 4 nitrogen and oxygen atoms in total. The lowest BCUT2D eigenvalue weighted by Crippen LogP contribution is -2.42. The summed E-state index contributed by atoms with van der Waals surface area (Å²) in [5.41, 5.74) is 6.99. The lowest BCUT2D eigenvalue weighted by Gasteiger charge is -2.37. The molecule has 2 rings (SSSR count). The van der Waals surface area contributed by atoms with Crippen LogP contribution < -0.4 is 5.73 Å². The molecule has 1 saturated heterocycles. The fourth-order valence-corrected chi connectivity index (χ4v) is 2.43. The van der Waals surface area contributed by atoms with E-state index in [1.807, 2.05) is 6.07 Å². The van der Waals surface area contributed by atoms with E-state index in [2.05, 4.69) is 22.9 Å². The Morgan fingerprint density at radius 2 is 2.41 bits per heavy atom. The molecule has 0 amide bonds. The molecule has 17 heavy (non-hydrogen) atoms. The third kappa shape index (κ3) is 2.96. The van der Waals surface area contributed by atoms with Crippen LogP contribution in [0.1, 0.15) is 25.3 Å². The predicted molar refractivity (Wildman–Crippen MR) is 68.6 cm³/mol. The standard InChI is InChI=1S/C13H21N3O/c1-10-8-12(17-2)5-7-16(10)9-11-4-3-6-15-13(11)14/h3-4,6,10,12H,5,7-9H2,1-2H3,(H2,14,15). The normalized spacial score (nSPS) is 26.0. The molecule has 0 aromatic carbocycles. The van der Waals surface area contributed by atoms with Crippen molar-refractivity contribution < 1.29 is 4.74 Å². The van der Waals surface area contributed by atoms with Gasteiger partial charge >= 0.3 is 0 Å². The SMILES string of the molecule is COC1CCN(Cc2cccnc2N)C(C)C1. The van der Waals surface area contributed by atoms with Gasteiger partial charge in [0.15, 0.2) is 0 Å². The van der Waals surface area contributed by atoms with Crippen LogP contribution >= 0.6 is 0 Å². The van der Waals surface area contributed by atoms with E-state index in [-0.39, 0.29) is 0 Å². The van der Waals surface area contributed by atoms with Crippen LogP contribution in [0, 0.1) is 0 Å². The molecule has 4 heteroatoms. The molecule has 0 bridgehead atoms. The summed E-state index contributed by atoms with van der Waals surface area (Å²) >= 11 is 0. The first-order chi connectivity index (χ1) is 8.20. The van der Waals surface area contributed by atoms with E-state index in [9.17, 15) is 0 Å². The molecule has 2 atom stereocenters. The molecule has 1 aliphatic rings. The van der Waals surface area contributed by atoms with Gasteiger partial charge in [-0.25, -0.2) is 4.98 Å². The van der Waals surface area contributed by atoms with Gasteiger partial charge in [0.2, 0.25) is 0 Å². The maximum absolute atomic E-state index is 5.87. The molecule has 0 radical (unpaired) electrons. The summed E-state index contributed by atoms with van der Waals surface area (Å²) in [5.74, 6) is 0.647. The van der Waals surface area contributed by atoms with Gasteiger partial charge in [0.25, 0.3) is 0 Å². The highest BCUT2D eigenvalue weighted by molar-refractivity contribution is 5.38. The summed E-state index contributed by atoms with van der Waals surface area (Å²) in [5, 5.41) is 0. The highest BCUT2D eigenvalue weighted by Gasteiger charge is 2.25. The number of piperidine rings is 1. The van der Waals surface area contributed by atoms with Crippen molar-refractivity contribution in [3.63, 3.8) is 0 Å². The Labute approximate surface area is 103 Å². The summed E-state index contributed by atoms with van der Waals surface area (Å²) in [6.45, 7) is 4.20. The Morgan fingerprint density at radius 3 is 3.06 bits per heavy atom. The third-order valence-electron chi connectivity index (χ3n) is 3.60. The second kappa shape index (κ2) is 5.47. The molecular weight excluding hydrogens is 214 g/mol. The Kier molecular flexibility index (Phi) is 3.97. The maximum Gasteiger partial charge on any atom is 0.127 e. The highest BCUT2D eigenvalue weighted by Crippen LogP contribution is 2.22. The lowest BCUT2D eigenvalue weighted by molar-refractivity contribution is 0.0130. The van der Waals surface area contributed by atoms with Crippen molar-refractivity contribution in [2.75, 3.05) is 19.4 Å². The van der Waals surface area contributed by atoms with Gasteiger partial charge in [-0.3, -0.25) is 4.90 Å². The number of likely N-dealkylation sites (tertiary alicyclic amines) is 1. The molecular formula is C13H21N3O. The number of hydrogen-bond acceptors (Lipinski definition) is 4. The molecule has 1 aromatic heterocycles. The van der Waals surface area contributed by atoms with Crippen molar-refractivity contribution in [1.29, 1.82) is 0 Å². The van der Waals surface area contributed by atoms with E-state index in [0.717, 1.165) is 31.5 Å². The van der Waals surface area contributed by atoms with Gasteiger partial charge in [-0.15, -0.1) is 0 Å². The van der Waals surface area contributed by atoms with E-state index in [4.69, 9.17) is 10.5 Å². The number of aromatic nitrogens is 1. The first-order valence-corrected chi connectivity index (χ1v) is 6.17. The van der Waals surface area contributed by atoms with Gasteiger partial charge in [0.1, 0.15) is 5.82 Å². The lowest BCUT2D eigenvalue weighted by atomic mass is 10.00. The molecule has 1 aromatic rings. The minimum absolute atomic E-state index is 0.410. The van der Waals surface area contributed by atoms with Crippen LogP contribution in [0.2, 0.25) is 0 Å². The van der Waals surface area contributed by atoms with Crippen molar-refractivity contribution in [3.05, 3.63) is 23.9 Å². The average Bonchev–Trinajstić information content (AvgIpc) is 2.34. The second-order valence-corrected chi connectivity index (χ2v) is 4.75. The van der Waals surface area contributed by atoms with Crippen LogP contribution in [-0.4, -0.2) is 35.7 Å². The van der Waals surface area contributed by atoms with Gasteiger partial charge in [-0.05, 0) is 25.8 Å². The van der Waals surface area contributed by atoms with Crippen LogP contribution in [-0.2, 0) is 11.3 Å². The Balaban J connectivity index is 1.98. The van der Waals surface area contributed by atoms with Crippen LogP contribution in [0.25, 0.3) is 0 Å². The first kappa shape index (κ1) is 12.3. The molecule has 1 aliphatic heterocycles. The summed E-state index contributed by atoms with van der Waals surface area (Å²) in [6.07, 6.45) is 4.34. The van der Waals surface area contributed by atoms with Crippen LogP contribution in [0.3, 0.4) is 0 Å². The zero-order valence-corrected chi connectivity index (χ0v) is 10.6. The molecule has 0 aliphatic carbocycles. The Morgan fingerprint density at radius 1 is 1.59 bits per heavy atom. The van der Waals surface area contributed by atoms with Gasteiger partial charge < -0.3 is 10.5 Å². The summed E-state index contributed by atoms with van der Waals surface area (Å²) in [7, 11) is 1.80. The molecule has 0 saturated carbocycles. The number of ether oxygens (including phenoxy) is 1. The van der Waals surface area contributed by atoms with Gasteiger partial charge in [-0.1, -0.05) is 6.07 Å². The quantitative estimate of drug-likeness (QED) is 0.865. The van der Waals surface area contributed by atoms with Crippen molar-refractivity contribution in [3.8, 4) is 0 Å². The second-order valence-electron chi connectivity index (χ2n) is 4.75. The number of hydrogen-bond donors (Lipinski definition) is 1. The van der Waals surface area contributed by atoms with E-state index in [1.54, 1.807) is 13.3 Å². The molecule has 94 valence electrons. The fraction of sp³-hybridized carbons (Fsp3) is 0.615. The summed E-state index contributed by atoms with van der Waals surface area (Å²) in [4.78, 5) is 6.57. The average molecular weight is 235 g/mol. The molecule has 0 spiro atoms. The number of anilines is 1. The van der Waals surface area contributed by atoms with Gasteiger partial charge in [-0.2, -0.15) is 0 Å². The largest absolute Gasteiger partial charge is 0.383 e. The van der Waals surface area contributed by atoms with Crippen molar-refractivity contribution >= 4 is 5.82 Å². The van der Waals surface area contributed by atoms with Crippen molar-refractivity contribution in [2.45, 2.75) is 38.5 Å². The number of methoxy groups -OCH3 is 1. The minimum Gasteiger partial charge on any atom is -0.383 e.